The quantitative estimate of drug-likeness (QED) is 0.497. The minimum atomic E-state index is 0.811. The van der Waals surface area contributed by atoms with Crippen LogP contribution >= 0.6 is 0 Å². The van der Waals surface area contributed by atoms with Crippen LogP contribution in [0.25, 0.3) is 0 Å². The molecule has 0 heteroatoms. The molecule has 3 rings (SSSR count). The molecule has 0 amide bonds. The van der Waals surface area contributed by atoms with Gasteiger partial charge in [0.15, 0.2) is 0 Å². The molecule has 0 aliphatic heterocycles. The summed E-state index contributed by atoms with van der Waals surface area (Å²) in [6.45, 7) is 2.56. The number of rotatable bonds is 0. The molecule has 0 nitrogen and oxygen atoms in total. The van der Waals surface area contributed by atoms with Crippen LogP contribution in [0.2, 0.25) is 0 Å². The highest BCUT2D eigenvalue weighted by Crippen LogP contribution is 2.65. The Morgan fingerprint density at radius 3 is 2.91 bits per heavy atom. The van der Waals surface area contributed by atoms with Crippen molar-refractivity contribution in [2.45, 2.75) is 45.4 Å². The topological polar surface area (TPSA) is 0 Å². The summed E-state index contributed by atoms with van der Waals surface area (Å²) < 4.78 is 0. The lowest BCUT2D eigenvalue weighted by Crippen LogP contribution is -2.24. The lowest BCUT2D eigenvalue weighted by Gasteiger charge is -2.32. The van der Waals surface area contributed by atoms with Gasteiger partial charge in [0, 0.05) is 0 Å². The second kappa shape index (κ2) is 1.84. The molecule has 62 valence electrons. The van der Waals surface area contributed by atoms with Crippen LogP contribution in [-0.2, 0) is 0 Å². The zero-order valence-corrected chi connectivity index (χ0v) is 7.47. The van der Waals surface area contributed by atoms with Crippen molar-refractivity contribution in [1.29, 1.82) is 0 Å². The zero-order chi connectivity index (χ0) is 7.47. The Labute approximate surface area is 69.4 Å². The Kier molecular flexibility index (Phi) is 1.09. The summed E-state index contributed by atoms with van der Waals surface area (Å²) in [4.78, 5) is 0. The van der Waals surface area contributed by atoms with Crippen molar-refractivity contribution in [2.24, 2.45) is 23.2 Å². The Balaban J connectivity index is 1.98. The molecule has 3 fully saturated rings. The van der Waals surface area contributed by atoms with Gasteiger partial charge >= 0.3 is 0 Å². The molecule has 3 unspecified atom stereocenters. The van der Waals surface area contributed by atoms with Crippen molar-refractivity contribution in [3.8, 4) is 0 Å². The average molecular weight is 150 g/mol. The fourth-order valence-corrected chi connectivity index (χ4v) is 4.44. The van der Waals surface area contributed by atoms with E-state index >= 15 is 0 Å². The number of hydrogen-bond acceptors (Lipinski definition) is 0. The highest BCUT2D eigenvalue weighted by Gasteiger charge is 2.55. The molecule has 0 radical (unpaired) electrons. The molecule has 0 aromatic heterocycles. The van der Waals surface area contributed by atoms with Crippen molar-refractivity contribution in [1.82, 2.24) is 0 Å². The molecule has 3 saturated carbocycles. The van der Waals surface area contributed by atoms with E-state index in [0.717, 1.165) is 17.3 Å². The third-order valence-electron chi connectivity index (χ3n) is 4.88. The van der Waals surface area contributed by atoms with E-state index in [4.69, 9.17) is 0 Å². The molecule has 0 N–H and O–H groups in total. The first-order chi connectivity index (χ1) is 5.30. The van der Waals surface area contributed by atoms with Crippen LogP contribution in [0.5, 0.6) is 0 Å². The first-order valence-electron chi connectivity index (χ1n) is 5.30. The van der Waals surface area contributed by atoms with E-state index in [9.17, 15) is 0 Å². The fourth-order valence-electron chi connectivity index (χ4n) is 4.44. The SMILES string of the molecule is C[C@@]12CCC(C1)C1CCCC12. The smallest absolute Gasteiger partial charge is 0.0292 e. The monoisotopic (exact) mass is 150 g/mol. The maximum absolute atomic E-state index is 2.56. The summed E-state index contributed by atoms with van der Waals surface area (Å²) >= 11 is 0. The van der Waals surface area contributed by atoms with Crippen molar-refractivity contribution >= 4 is 0 Å². The molecular formula is C11H18. The molecule has 3 aliphatic rings. The highest BCUT2D eigenvalue weighted by molar-refractivity contribution is 5.05. The molecule has 0 aromatic carbocycles. The largest absolute Gasteiger partial charge is 0.0594 e. The minimum Gasteiger partial charge on any atom is -0.0594 e. The standard InChI is InChI=1S/C11H18/c1-11-6-5-8(7-11)9-3-2-4-10(9)11/h8-10H,2-7H2,1H3/t8?,9?,10?,11-/m1/s1. The van der Waals surface area contributed by atoms with Crippen LogP contribution in [0.4, 0.5) is 0 Å². The third kappa shape index (κ3) is 0.666. The lowest BCUT2D eigenvalue weighted by molar-refractivity contribution is 0.174. The molecule has 0 heterocycles. The Morgan fingerprint density at radius 2 is 2.09 bits per heavy atom. The molecule has 0 spiro atoms. The molecule has 0 saturated heterocycles. The molecule has 11 heavy (non-hydrogen) atoms. The van der Waals surface area contributed by atoms with Gasteiger partial charge in [-0.15, -0.1) is 0 Å². The average Bonchev–Trinajstić information content (AvgIpc) is 2.53. The Bertz CT molecular complexity index is 184. The van der Waals surface area contributed by atoms with Crippen LogP contribution in [-0.4, -0.2) is 0 Å². The van der Waals surface area contributed by atoms with Crippen molar-refractivity contribution in [3.05, 3.63) is 0 Å². The zero-order valence-electron chi connectivity index (χ0n) is 7.47. The van der Waals surface area contributed by atoms with Gasteiger partial charge in [-0.2, -0.15) is 0 Å². The van der Waals surface area contributed by atoms with Crippen molar-refractivity contribution < 1.29 is 0 Å². The van der Waals surface area contributed by atoms with Gasteiger partial charge in [0.2, 0.25) is 0 Å². The van der Waals surface area contributed by atoms with Gasteiger partial charge in [-0.1, -0.05) is 13.3 Å². The van der Waals surface area contributed by atoms with E-state index < -0.39 is 0 Å². The molecule has 2 bridgehead atoms. The lowest BCUT2D eigenvalue weighted by atomic mass is 9.73. The third-order valence-corrected chi connectivity index (χ3v) is 4.88. The summed E-state index contributed by atoms with van der Waals surface area (Å²) in [7, 11) is 0. The summed E-state index contributed by atoms with van der Waals surface area (Å²) in [5.41, 5.74) is 0.811. The van der Waals surface area contributed by atoms with Crippen molar-refractivity contribution in [3.63, 3.8) is 0 Å². The van der Waals surface area contributed by atoms with Crippen LogP contribution < -0.4 is 0 Å². The molecular weight excluding hydrogens is 132 g/mol. The van der Waals surface area contributed by atoms with E-state index in [1.807, 2.05) is 0 Å². The predicted molar refractivity (Wildman–Crippen MR) is 46.3 cm³/mol. The van der Waals surface area contributed by atoms with Crippen LogP contribution in [0, 0.1) is 23.2 Å². The Hall–Kier alpha value is 0. The predicted octanol–water partition coefficient (Wildman–Crippen LogP) is 3.22. The number of hydrogen-bond donors (Lipinski definition) is 0. The van der Waals surface area contributed by atoms with E-state index in [0.29, 0.717) is 0 Å². The fraction of sp³-hybridized carbons (Fsp3) is 1.00. The molecule has 4 atom stereocenters. The summed E-state index contributed by atoms with van der Waals surface area (Å²) in [5.74, 6) is 3.49. The van der Waals surface area contributed by atoms with E-state index in [1.165, 1.54) is 5.92 Å². The Morgan fingerprint density at radius 1 is 1.18 bits per heavy atom. The van der Waals surface area contributed by atoms with Gasteiger partial charge in [-0.05, 0) is 55.3 Å². The van der Waals surface area contributed by atoms with Crippen LogP contribution in [0.15, 0.2) is 0 Å². The van der Waals surface area contributed by atoms with Gasteiger partial charge < -0.3 is 0 Å². The van der Waals surface area contributed by atoms with E-state index in [1.54, 1.807) is 38.5 Å². The van der Waals surface area contributed by atoms with Gasteiger partial charge in [-0.25, -0.2) is 0 Å². The second-order valence-electron chi connectivity index (χ2n) is 5.36. The first-order valence-corrected chi connectivity index (χ1v) is 5.30. The van der Waals surface area contributed by atoms with Gasteiger partial charge in [0.1, 0.15) is 0 Å². The van der Waals surface area contributed by atoms with Gasteiger partial charge in [0.05, 0.1) is 0 Å². The normalized spacial score (nSPS) is 60.3. The minimum absolute atomic E-state index is 0.811. The molecule has 3 aliphatic carbocycles. The highest BCUT2D eigenvalue weighted by atomic mass is 14.6. The van der Waals surface area contributed by atoms with Crippen molar-refractivity contribution in [2.75, 3.05) is 0 Å². The van der Waals surface area contributed by atoms with Crippen LogP contribution in [0.1, 0.15) is 45.4 Å². The van der Waals surface area contributed by atoms with Gasteiger partial charge in [-0.3, -0.25) is 0 Å². The first kappa shape index (κ1) is 6.51. The summed E-state index contributed by atoms with van der Waals surface area (Å²) in [5, 5.41) is 0. The maximum Gasteiger partial charge on any atom is -0.0292 e. The number of fused-ring (bicyclic) bond motifs is 5. The van der Waals surface area contributed by atoms with Crippen LogP contribution in [0.3, 0.4) is 0 Å². The van der Waals surface area contributed by atoms with Gasteiger partial charge in [0.25, 0.3) is 0 Å². The second-order valence-corrected chi connectivity index (χ2v) is 5.36. The van der Waals surface area contributed by atoms with E-state index in [-0.39, 0.29) is 0 Å². The summed E-state index contributed by atoms with van der Waals surface area (Å²) in [6, 6.07) is 0. The maximum atomic E-state index is 2.56. The summed E-state index contributed by atoms with van der Waals surface area (Å²) in [6.07, 6.45) is 9.39. The van der Waals surface area contributed by atoms with E-state index in [2.05, 4.69) is 6.92 Å². The molecule has 0 aromatic rings.